The maximum Gasteiger partial charge on any atom is 0.265 e. The highest BCUT2D eigenvalue weighted by Crippen LogP contribution is 2.32. The summed E-state index contributed by atoms with van der Waals surface area (Å²) in [5.74, 6) is 0.762. The molecule has 3 rings (SSSR count). The third-order valence-corrected chi connectivity index (χ3v) is 3.73. The summed E-state index contributed by atoms with van der Waals surface area (Å²) in [7, 11) is 1.58. The lowest BCUT2D eigenvalue weighted by atomic mass is 10.2. The van der Waals surface area contributed by atoms with E-state index in [0.717, 1.165) is 5.56 Å². The van der Waals surface area contributed by atoms with E-state index < -0.39 is 6.10 Å². The minimum Gasteiger partial charge on any atom is -0.496 e. The number of hydrogen-bond donors (Lipinski definition) is 2. The highest BCUT2D eigenvalue weighted by molar-refractivity contribution is 6.03. The first-order valence-corrected chi connectivity index (χ1v) is 7.80. The molecule has 0 saturated carbocycles. The molecule has 1 aliphatic rings. The molecular formula is C19H18N2O4. The van der Waals surface area contributed by atoms with E-state index in [4.69, 9.17) is 9.47 Å². The maximum atomic E-state index is 12.1. The topological polar surface area (TPSA) is 76.7 Å². The molecule has 2 aromatic carbocycles. The van der Waals surface area contributed by atoms with Gasteiger partial charge in [-0.3, -0.25) is 9.59 Å². The Hall–Kier alpha value is -3.28. The van der Waals surface area contributed by atoms with Gasteiger partial charge in [-0.05, 0) is 37.3 Å². The fraction of sp³-hybridized carbons (Fsp3) is 0.158. The summed E-state index contributed by atoms with van der Waals surface area (Å²) in [4.78, 5) is 23.8. The molecule has 1 heterocycles. The molecular weight excluding hydrogens is 320 g/mol. The average Bonchev–Trinajstić information content (AvgIpc) is 2.61. The molecule has 6 heteroatoms. The summed E-state index contributed by atoms with van der Waals surface area (Å²) in [5, 5.41) is 5.50. The lowest BCUT2D eigenvalue weighted by Gasteiger charge is -2.23. The van der Waals surface area contributed by atoms with E-state index in [0.29, 0.717) is 22.9 Å². The van der Waals surface area contributed by atoms with Crippen molar-refractivity contribution in [1.82, 2.24) is 0 Å². The van der Waals surface area contributed by atoms with Gasteiger partial charge < -0.3 is 20.1 Å². The van der Waals surface area contributed by atoms with E-state index in [1.54, 1.807) is 38.3 Å². The summed E-state index contributed by atoms with van der Waals surface area (Å²) < 4.78 is 10.7. The second kappa shape index (κ2) is 7.09. The molecule has 0 unspecified atom stereocenters. The van der Waals surface area contributed by atoms with Crippen LogP contribution in [0.3, 0.4) is 0 Å². The van der Waals surface area contributed by atoms with Crippen molar-refractivity contribution in [1.29, 1.82) is 0 Å². The van der Waals surface area contributed by atoms with Gasteiger partial charge in [-0.1, -0.05) is 18.2 Å². The van der Waals surface area contributed by atoms with Crippen molar-refractivity contribution in [3.8, 4) is 11.5 Å². The van der Waals surface area contributed by atoms with Crippen LogP contribution in [0.1, 0.15) is 12.5 Å². The number of fused-ring (bicyclic) bond motifs is 1. The zero-order chi connectivity index (χ0) is 17.8. The van der Waals surface area contributed by atoms with Crippen LogP contribution in [0, 0.1) is 0 Å². The number of amides is 2. The van der Waals surface area contributed by atoms with Crippen LogP contribution >= 0.6 is 0 Å². The number of anilines is 2. The van der Waals surface area contributed by atoms with Gasteiger partial charge in [-0.15, -0.1) is 0 Å². The molecule has 0 aliphatic carbocycles. The average molecular weight is 338 g/mol. The molecule has 0 bridgehead atoms. The van der Waals surface area contributed by atoms with Crippen molar-refractivity contribution in [2.75, 3.05) is 17.7 Å². The van der Waals surface area contributed by atoms with E-state index in [1.165, 1.54) is 6.08 Å². The molecule has 0 fully saturated rings. The highest BCUT2D eigenvalue weighted by Gasteiger charge is 2.23. The molecule has 2 N–H and O–H groups in total. The van der Waals surface area contributed by atoms with E-state index in [9.17, 15) is 9.59 Å². The normalized spacial score (nSPS) is 15.9. The minimum absolute atomic E-state index is 0.216. The molecule has 0 spiro atoms. The molecule has 2 amide bonds. The van der Waals surface area contributed by atoms with Crippen molar-refractivity contribution in [3.05, 3.63) is 54.1 Å². The van der Waals surface area contributed by atoms with Gasteiger partial charge in [-0.2, -0.15) is 0 Å². The van der Waals surface area contributed by atoms with Gasteiger partial charge in [0.05, 0.1) is 12.8 Å². The Balaban J connectivity index is 1.70. The predicted molar refractivity (Wildman–Crippen MR) is 95.8 cm³/mol. The van der Waals surface area contributed by atoms with Gasteiger partial charge >= 0.3 is 0 Å². The molecule has 25 heavy (non-hydrogen) atoms. The van der Waals surface area contributed by atoms with Crippen molar-refractivity contribution >= 4 is 29.3 Å². The monoisotopic (exact) mass is 338 g/mol. The molecule has 128 valence electrons. The third kappa shape index (κ3) is 3.80. The van der Waals surface area contributed by atoms with E-state index in [-0.39, 0.29) is 11.8 Å². The number of hydrogen-bond acceptors (Lipinski definition) is 4. The van der Waals surface area contributed by atoms with Gasteiger partial charge in [0.1, 0.15) is 11.5 Å². The van der Waals surface area contributed by atoms with E-state index in [2.05, 4.69) is 10.6 Å². The van der Waals surface area contributed by atoms with E-state index in [1.807, 2.05) is 24.3 Å². The standard InChI is InChI=1S/C19H18N2O4/c1-12-19(23)21-15-11-14(8-9-17(15)25-12)20-18(22)10-7-13-5-3-4-6-16(13)24-2/h3-12H,1-2H3,(H,20,22)(H,21,23)/b10-7+/t12-/m1/s1. The van der Waals surface area contributed by atoms with Gasteiger partial charge in [0.25, 0.3) is 5.91 Å². The number of nitrogens with one attached hydrogen (secondary N) is 2. The second-order valence-electron chi connectivity index (χ2n) is 5.52. The maximum absolute atomic E-state index is 12.1. The van der Waals surface area contributed by atoms with Gasteiger partial charge in [0.15, 0.2) is 6.10 Å². The molecule has 0 saturated heterocycles. The number of benzene rings is 2. The van der Waals surface area contributed by atoms with Crippen LogP contribution in [0.15, 0.2) is 48.5 Å². The van der Waals surface area contributed by atoms with Crippen LogP contribution in [0.2, 0.25) is 0 Å². The largest absolute Gasteiger partial charge is 0.496 e. The van der Waals surface area contributed by atoms with Gasteiger partial charge in [0.2, 0.25) is 5.91 Å². The predicted octanol–water partition coefficient (Wildman–Crippen LogP) is 3.07. The third-order valence-electron chi connectivity index (χ3n) is 3.73. The molecule has 0 radical (unpaired) electrons. The first-order valence-electron chi connectivity index (χ1n) is 7.80. The van der Waals surface area contributed by atoms with Crippen molar-refractivity contribution < 1.29 is 19.1 Å². The lowest BCUT2D eigenvalue weighted by Crippen LogP contribution is -2.34. The fourth-order valence-electron chi connectivity index (χ4n) is 2.44. The molecule has 1 aliphatic heterocycles. The molecule has 0 aromatic heterocycles. The zero-order valence-electron chi connectivity index (χ0n) is 13.9. The molecule has 1 atom stereocenters. The van der Waals surface area contributed by atoms with E-state index >= 15 is 0 Å². The SMILES string of the molecule is COc1ccccc1/C=C/C(=O)Nc1ccc2c(c1)NC(=O)[C@@H](C)O2. The Morgan fingerprint density at radius 1 is 1.28 bits per heavy atom. The van der Waals surface area contributed by atoms with Crippen molar-refractivity contribution in [2.45, 2.75) is 13.0 Å². The Morgan fingerprint density at radius 3 is 2.88 bits per heavy atom. The van der Waals surface area contributed by atoms with Crippen LogP contribution in [-0.4, -0.2) is 25.0 Å². The van der Waals surface area contributed by atoms with Crippen molar-refractivity contribution in [3.63, 3.8) is 0 Å². The first kappa shape index (κ1) is 16.6. The van der Waals surface area contributed by atoms with Crippen LogP contribution < -0.4 is 20.1 Å². The summed E-state index contributed by atoms with van der Waals surface area (Å²) in [6.07, 6.45) is 2.57. The fourth-order valence-corrected chi connectivity index (χ4v) is 2.44. The number of ether oxygens (including phenoxy) is 2. The number of carbonyl (C=O) groups excluding carboxylic acids is 2. The summed E-state index contributed by atoms with van der Waals surface area (Å²) in [6.45, 7) is 1.68. The number of carbonyl (C=O) groups is 2. The quantitative estimate of drug-likeness (QED) is 0.840. The lowest BCUT2D eigenvalue weighted by molar-refractivity contribution is -0.122. The Kier molecular flexibility index (Phi) is 4.70. The highest BCUT2D eigenvalue weighted by atomic mass is 16.5. The van der Waals surface area contributed by atoms with Crippen LogP contribution in [0.5, 0.6) is 11.5 Å². The van der Waals surface area contributed by atoms with Gasteiger partial charge in [-0.25, -0.2) is 0 Å². The summed E-state index contributed by atoms with van der Waals surface area (Å²) in [6, 6.07) is 12.5. The number of para-hydroxylation sites is 1. The van der Waals surface area contributed by atoms with Crippen LogP contribution in [0.4, 0.5) is 11.4 Å². The Morgan fingerprint density at radius 2 is 2.08 bits per heavy atom. The Bertz CT molecular complexity index is 845. The first-order chi connectivity index (χ1) is 12.1. The summed E-state index contributed by atoms with van der Waals surface area (Å²) >= 11 is 0. The zero-order valence-corrected chi connectivity index (χ0v) is 13.9. The molecule has 2 aromatic rings. The second-order valence-corrected chi connectivity index (χ2v) is 5.52. The molecule has 6 nitrogen and oxygen atoms in total. The summed E-state index contributed by atoms with van der Waals surface area (Å²) in [5.41, 5.74) is 1.90. The number of methoxy groups -OCH3 is 1. The van der Waals surface area contributed by atoms with Gasteiger partial charge in [0, 0.05) is 17.3 Å². The van der Waals surface area contributed by atoms with Crippen molar-refractivity contribution in [2.24, 2.45) is 0 Å². The van der Waals surface area contributed by atoms with Crippen LogP contribution in [-0.2, 0) is 9.59 Å². The Labute approximate surface area is 145 Å². The smallest absolute Gasteiger partial charge is 0.265 e. The number of rotatable bonds is 4. The minimum atomic E-state index is -0.531. The van der Waals surface area contributed by atoms with Crippen LogP contribution in [0.25, 0.3) is 6.08 Å².